The second-order valence-corrected chi connectivity index (χ2v) is 5.66. The summed E-state index contributed by atoms with van der Waals surface area (Å²) in [4.78, 5) is 16.2. The molecule has 0 aliphatic rings. The van der Waals surface area contributed by atoms with Crippen LogP contribution < -0.4 is 11.1 Å². The highest BCUT2D eigenvalue weighted by Crippen LogP contribution is 2.18. The van der Waals surface area contributed by atoms with Crippen molar-refractivity contribution in [3.8, 4) is 0 Å². The third kappa shape index (κ3) is 3.08. The standard InChI is InChI=1S/C12H12BrN3OS/c1-7-6-18-11(16-7)5-15-12(17)9-3-2-8(13)4-10(9)14/h2-4,6H,5,14H2,1H3,(H,15,17). The van der Waals surface area contributed by atoms with E-state index in [0.717, 1.165) is 15.2 Å². The molecule has 4 nitrogen and oxygen atoms in total. The molecule has 0 saturated heterocycles. The lowest BCUT2D eigenvalue weighted by Crippen LogP contribution is -2.23. The van der Waals surface area contributed by atoms with Crippen LogP contribution in [0.15, 0.2) is 28.1 Å². The Hall–Kier alpha value is -1.40. The van der Waals surface area contributed by atoms with Crippen molar-refractivity contribution >= 4 is 38.9 Å². The van der Waals surface area contributed by atoms with Gasteiger partial charge in [-0.2, -0.15) is 0 Å². The van der Waals surface area contributed by atoms with Crippen molar-refractivity contribution in [3.63, 3.8) is 0 Å². The summed E-state index contributed by atoms with van der Waals surface area (Å²) < 4.78 is 0.854. The van der Waals surface area contributed by atoms with Crippen LogP contribution in [0.2, 0.25) is 0 Å². The molecule has 94 valence electrons. The number of carbonyl (C=O) groups excluding carboxylic acids is 1. The summed E-state index contributed by atoms with van der Waals surface area (Å²) in [6.45, 7) is 2.35. The summed E-state index contributed by atoms with van der Waals surface area (Å²) in [6.07, 6.45) is 0. The number of halogens is 1. The normalized spacial score (nSPS) is 10.3. The topological polar surface area (TPSA) is 68.0 Å². The number of nitrogens with two attached hydrogens (primary N) is 1. The first-order valence-corrected chi connectivity index (χ1v) is 6.98. The third-order valence-electron chi connectivity index (χ3n) is 2.32. The maximum absolute atomic E-state index is 11.9. The molecule has 0 saturated carbocycles. The van der Waals surface area contributed by atoms with Crippen LogP contribution in [0.5, 0.6) is 0 Å². The molecular weight excluding hydrogens is 314 g/mol. The Morgan fingerprint density at radius 1 is 1.56 bits per heavy atom. The van der Waals surface area contributed by atoms with E-state index in [1.54, 1.807) is 18.2 Å². The number of aromatic nitrogens is 1. The highest BCUT2D eigenvalue weighted by molar-refractivity contribution is 9.10. The lowest BCUT2D eigenvalue weighted by Gasteiger charge is -2.06. The molecule has 2 rings (SSSR count). The molecule has 1 aromatic carbocycles. The van der Waals surface area contributed by atoms with Gasteiger partial charge < -0.3 is 11.1 Å². The van der Waals surface area contributed by atoms with E-state index in [0.29, 0.717) is 17.8 Å². The molecule has 6 heteroatoms. The predicted molar refractivity (Wildman–Crippen MR) is 76.6 cm³/mol. The number of amides is 1. The van der Waals surface area contributed by atoms with Gasteiger partial charge in [0, 0.05) is 21.2 Å². The molecule has 0 spiro atoms. The van der Waals surface area contributed by atoms with Gasteiger partial charge in [-0.3, -0.25) is 4.79 Å². The SMILES string of the molecule is Cc1csc(CNC(=O)c2ccc(Br)cc2N)n1. The number of nitrogen functional groups attached to an aromatic ring is 1. The van der Waals surface area contributed by atoms with E-state index in [2.05, 4.69) is 26.2 Å². The number of carbonyl (C=O) groups is 1. The van der Waals surface area contributed by atoms with Gasteiger partial charge >= 0.3 is 0 Å². The van der Waals surface area contributed by atoms with E-state index in [1.165, 1.54) is 11.3 Å². The minimum Gasteiger partial charge on any atom is -0.398 e. The molecule has 0 bridgehead atoms. The number of benzene rings is 1. The lowest BCUT2D eigenvalue weighted by molar-refractivity contribution is 0.0951. The zero-order valence-electron chi connectivity index (χ0n) is 9.74. The lowest BCUT2D eigenvalue weighted by atomic mass is 10.1. The van der Waals surface area contributed by atoms with E-state index in [9.17, 15) is 4.79 Å². The first-order chi connectivity index (χ1) is 8.56. The summed E-state index contributed by atoms with van der Waals surface area (Å²) >= 11 is 4.83. The first-order valence-electron chi connectivity index (χ1n) is 5.30. The van der Waals surface area contributed by atoms with Crippen LogP contribution in [-0.4, -0.2) is 10.9 Å². The Kier molecular flexibility index (Phi) is 3.98. The molecule has 0 radical (unpaired) electrons. The van der Waals surface area contributed by atoms with Crippen molar-refractivity contribution in [3.05, 3.63) is 44.3 Å². The molecule has 1 heterocycles. The summed E-state index contributed by atoms with van der Waals surface area (Å²) in [5.74, 6) is -0.187. The Bertz CT molecular complexity index is 582. The quantitative estimate of drug-likeness (QED) is 0.852. The van der Waals surface area contributed by atoms with Crippen LogP contribution >= 0.6 is 27.3 Å². The summed E-state index contributed by atoms with van der Waals surface area (Å²) in [5, 5.41) is 5.64. The summed E-state index contributed by atoms with van der Waals surface area (Å²) in [7, 11) is 0. The van der Waals surface area contributed by atoms with Crippen molar-refractivity contribution < 1.29 is 4.79 Å². The number of anilines is 1. The van der Waals surface area contributed by atoms with Gasteiger partial charge in [0.15, 0.2) is 0 Å². The number of aryl methyl sites for hydroxylation is 1. The molecule has 0 aliphatic heterocycles. The Balaban J connectivity index is 2.03. The minimum absolute atomic E-state index is 0.187. The average Bonchev–Trinajstić information content (AvgIpc) is 2.72. The fourth-order valence-electron chi connectivity index (χ4n) is 1.48. The maximum atomic E-state index is 11.9. The zero-order valence-corrected chi connectivity index (χ0v) is 12.1. The molecule has 3 N–H and O–H groups in total. The minimum atomic E-state index is -0.187. The van der Waals surface area contributed by atoms with Crippen molar-refractivity contribution in [1.29, 1.82) is 0 Å². The molecule has 0 aliphatic carbocycles. The number of nitrogens with one attached hydrogen (secondary N) is 1. The Morgan fingerprint density at radius 2 is 2.33 bits per heavy atom. The number of hydrogen-bond acceptors (Lipinski definition) is 4. The van der Waals surface area contributed by atoms with E-state index in [-0.39, 0.29) is 5.91 Å². The maximum Gasteiger partial charge on any atom is 0.253 e. The van der Waals surface area contributed by atoms with Crippen molar-refractivity contribution in [2.75, 3.05) is 5.73 Å². The largest absolute Gasteiger partial charge is 0.398 e. The molecule has 18 heavy (non-hydrogen) atoms. The van der Waals surface area contributed by atoms with Crippen LogP contribution in [0.3, 0.4) is 0 Å². The first kappa shape index (κ1) is 13.0. The summed E-state index contributed by atoms with van der Waals surface area (Å²) in [6, 6.07) is 5.20. The van der Waals surface area contributed by atoms with Gasteiger partial charge in [-0.1, -0.05) is 15.9 Å². The molecule has 0 unspecified atom stereocenters. The van der Waals surface area contributed by atoms with Crippen LogP contribution in [0, 0.1) is 6.92 Å². The monoisotopic (exact) mass is 325 g/mol. The molecule has 2 aromatic rings. The molecule has 0 fully saturated rings. The van der Waals surface area contributed by atoms with Crippen LogP contribution in [0.1, 0.15) is 21.1 Å². The van der Waals surface area contributed by atoms with Gasteiger partial charge in [0.2, 0.25) is 0 Å². The van der Waals surface area contributed by atoms with E-state index < -0.39 is 0 Å². The fraction of sp³-hybridized carbons (Fsp3) is 0.167. The van der Waals surface area contributed by atoms with Gasteiger partial charge in [0.05, 0.1) is 12.1 Å². The number of rotatable bonds is 3. The highest BCUT2D eigenvalue weighted by atomic mass is 79.9. The Labute approximate surface area is 117 Å². The Morgan fingerprint density at radius 3 is 2.94 bits per heavy atom. The predicted octanol–water partition coefficient (Wildman–Crippen LogP) is 2.73. The van der Waals surface area contributed by atoms with Gasteiger partial charge in [0.25, 0.3) is 5.91 Å². The van der Waals surface area contributed by atoms with Crippen LogP contribution in [0.25, 0.3) is 0 Å². The molecule has 1 amide bonds. The molecule has 0 atom stereocenters. The second-order valence-electron chi connectivity index (χ2n) is 3.80. The number of nitrogens with zero attached hydrogens (tertiary/aromatic N) is 1. The average molecular weight is 326 g/mol. The van der Waals surface area contributed by atoms with Crippen molar-refractivity contribution in [2.45, 2.75) is 13.5 Å². The van der Waals surface area contributed by atoms with E-state index in [1.807, 2.05) is 12.3 Å². The van der Waals surface area contributed by atoms with E-state index >= 15 is 0 Å². The molecular formula is C12H12BrN3OS. The number of hydrogen-bond donors (Lipinski definition) is 2. The fourth-order valence-corrected chi connectivity index (χ4v) is 2.57. The third-order valence-corrected chi connectivity index (χ3v) is 3.78. The van der Waals surface area contributed by atoms with Crippen molar-refractivity contribution in [2.24, 2.45) is 0 Å². The van der Waals surface area contributed by atoms with Crippen molar-refractivity contribution in [1.82, 2.24) is 10.3 Å². The van der Waals surface area contributed by atoms with E-state index in [4.69, 9.17) is 5.73 Å². The number of thiazole rings is 1. The van der Waals surface area contributed by atoms with Gasteiger partial charge in [-0.05, 0) is 25.1 Å². The van der Waals surface area contributed by atoms with Crippen LogP contribution in [-0.2, 0) is 6.54 Å². The zero-order chi connectivity index (χ0) is 13.1. The van der Waals surface area contributed by atoms with Gasteiger partial charge in [0.1, 0.15) is 5.01 Å². The second kappa shape index (κ2) is 5.49. The summed E-state index contributed by atoms with van der Waals surface area (Å²) in [5.41, 5.74) is 7.69. The smallest absolute Gasteiger partial charge is 0.253 e. The molecule has 1 aromatic heterocycles. The van der Waals surface area contributed by atoms with Crippen LogP contribution in [0.4, 0.5) is 5.69 Å². The van der Waals surface area contributed by atoms with Gasteiger partial charge in [-0.15, -0.1) is 11.3 Å². The van der Waals surface area contributed by atoms with Gasteiger partial charge in [-0.25, -0.2) is 4.98 Å². The highest BCUT2D eigenvalue weighted by Gasteiger charge is 2.10.